The molecule has 0 bridgehead atoms. The number of hydrogen-bond acceptors (Lipinski definition) is 4. The fraction of sp³-hybridized carbons (Fsp3) is 0.381. The molecule has 3 rings (SSSR count). The zero-order chi connectivity index (χ0) is 20.8. The summed E-state index contributed by atoms with van der Waals surface area (Å²) in [4.78, 5) is 18.9. The maximum Gasteiger partial charge on any atom is 0.318 e. The van der Waals surface area contributed by atoms with Crippen LogP contribution >= 0.6 is 0 Å². The Hall–Kier alpha value is -3.29. The van der Waals surface area contributed by atoms with Crippen LogP contribution in [0.25, 0.3) is 5.69 Å². The summed E-state index contributed by atoms with van der Waals surface area (Å²) in [7, 11) is 3.57. The summed E-state index contributed by atoms with van der Waals surface area (Å²) in [6.45, 7) is 5.15. The maximum atomic E-state index is 12.8. The molecule has 0 saturated carbocycles. The van der Waals surface area contributed by atoms with E-state index in [4.69, 9.17) is 4.74 Å². The maximum absolute atomic E-state index is 12.8. The average molecular weight is 396 g/mol. The Morgan fingerprint density at radius 2 is 2.07 bits per heavy atom. The summed E-state index contributed by atoms with van der Waals surface area (Å²) in [5, 5.41) is 7.49. The molecular weight excluding hydrogens is 368 g/mol. The van der Waals surface area contributed by atoms with Crippen LogP contribution in [-0.4, -0.2) is 43.9 Å². The standard InChI is InChI=1S/C21H28N6O2/c1-5-11-26(15-20-22-10-12-25(20)3)21(28)24-16(2)17-13-23-27(14-17)18-6-8-19(29-4)9-7-18/h6-10,12-14,16H,5,11,15H2,1-4H3,(H,24,28). The number of carbonyl (C=O) groups excluding carboxylic acids is 1. The Morgan fingerprint density at radius 1 is 1.31 bits per heavy atom. The summed E-state index contributed by atoms with van der Waals surface area (Å²) in [5.74, 6) is 1.65. The number of imidazole rings is 1. The number of aromatic nitrogens is 4. The van der Waals surface area contributed by atoms with E-state index < -0.39 is 0 Å². The number of nitrogens with zero attached hydrogens (tertiary/aromatic N) is 5. The van der Waals surface area contributed by atoms with Gasteiger partial charge in [-0.05, 0) is 37.6 Å². The van der Waals surface area contributed by atoms with Gasteiger partial charge >= 0.3 is 6.03 Å². The van der Waals surface area contributed by atoms with Crippen molar-refractivity contribution in [3.05, 3.63) is 60.4 Å². The first-order valence-electron chi connectivity index (χ1n) is 9.72. The molecule has 0 fully saturated rings. The van der Waals surface area contributed by atoms with E-state index in [1.807, 2.05) is 55.2 Å². The first kappa shape index (κ1) is 20.4. The molecule has 1 aromatic carbocycles. The minimum absolute atomic E-state index is 0.112. The van der Waals surface area contributed by atoms with E-state index in [0.29, 0.717) is 13.1 Å². The van der Waals surface area contributed by atoms with Crippen molar-refractivity contribution in [3.63, 3.8) is 0 Å². The zero-order valence-corrected chi connectivity index (χ0v) is 17.4. The van der Waals surface area contributed by atoms with E-state index in [9.17, 15) is 4.79 Å². The van der Waals surface area contributed by atoms with Crippen LogP contribution in [0.15, 0.2) is 49.1 Å². The number of benzene rings is 1. The lowest BCUT2D eigenvalue weighted by molar-refractivity contribution is 0.190. The quantitative estimate of drug-likeness (QED) is 0.634. The number of methoxy groups -OCH3 is 1. The molecule has 0 spiro atoms. The van der Waals surface area contributed by atoms with Crippen LogP contribution in [0.4, 0.5) is 4.79 Å². The second-order valence-electron chi connectivity index (χ2n) is 6.96. The molecule has 8 heteroatoms. The zero-order valence-electron chi connectivity index (χ0n) is 17.4. The molecule has 8 nitrogen and oxygen atoms in total. The van der Waals surface area contributed by atoms with Gasteiger partial charge in [-0.25, -0.2) is 14.5 Å². The number of carbonyl (C=O) groups is 1. The SMILES string of the molecule is CCCN(Cc1nccn1C)C(=O)NC(C)c1cnn(-c2ccc(OC)cc2)c1. The van der Waals surface area contributed by atoms with Gasteiger partial charge in [-0.1, -0.05) is 6.92 Å². The number of rotatable bonds is 8. The Kier molecular flexibility index (Phi) is 6.54. The van der Waals surface area contributed by atoms with Gasteiger partial charge in [0.25, 0.3) is 0 Å². The number of ether oxygens (including phenoxy) is 1. The molecule has 2 amide bonds. The largest absolute Gasteiger partial charge is 0.497 e. The topological polar surface area (TPSA) is 77.2 Å². The lowest BCUT2D eigenvalue weighted by Gasteiger charge is -2.24. The molecule has 2 heterocycles. The molecule has 0 aliphatic carbocycles. The second-order valence-corrected chi connectivity index (χ2v) is 6.96. The predicted octanol–water partition coefficient (Wildman–Crippen LogP) is 3.30. The van der Waals surface area contributed by atoms with Crippen molar-refractivity contribution in [2.45, 2.75) is 32.9 Å². The van der Waals surface area contributed by atoms with Gasteiger partial charge in [0, 0.05) is 37.7 Å². The Balaban J connectivity index is 1.66. The monoisotopic (exact) mass is 396 g/mol. The summed E-state index contributed by atoms with van der Waals surface area (Å²) in [6, 6.07) is 7.38. The normalized spacial score (nSPS) is 11.9. The highest BCUT2D eigenvalue weighted by Crippen LogP contribution is 2.18. The summed E-state index contributed by atoms with van der Waals surface area (Å²) in [5.41, 5.74) is 1.86. The second kappa shape index (κ2) is 9.27. The first-order chi connectivity index (χ1) is 14.0. The fourth-order valence-electron chi connectivity index (χ4n) is 3.04. The summed E-state index contributed by atoms with van der Waals surface area (Å²) >= 11 is 0. The third-order valence-electron chi connectivity index (χ3n) is 4.81. The molecular formula is C21H28N6O2. The van der Waals surface area contributed by atoms with Gasteiger partial charge in [-0.3, -0.25) is 0 Å². The number of urea groups is 1. The highest BCUT2D eigenvalue weighted by Gasteiger charge is 2.19. The van der Waals surface area contributed by atoms with Gasteiger partial charge in [-0.2, -0.15) is 5.10 Å². The predicted molar refractivity (Wildman–Crippen MR) is 111 cm³/mol. The van der Waals surface area contributed by atoms with Crippen LogP contribution in [0.1, 0.15) is 37.7 Å². The van der Waals surface area contributed by atoms with Crippen LogP contribution < -0.4 is 10.1 Å². The smallest absolute Gasteiger partial charge is 0.318 e. The number of hydrogen-bond donors (Lipinski definition) is 1. The molecule has 0 saturated heterocycles. The molecule has 2 aromatic heterocycles. The highest BCUT2D eigenvalue weighted by molar-refractivity contribution is 5.74. The molecule has 1 unspecified atom stereocenters. The van der Waals surface area contributed by atoms with Crippen molar-refractivity contribution in [1.82, 2.24) is 29.5 Å². The van der Waals surface area contributed by atoms with Gasteiger partial charge in [0.05, 0.1) is 31.6 Å². The van der Waals surface area contributed by atoms with Gasteiger partial charge < -0.3 is 19.5 Å². The average Bonchev–Trinajstić information content (AvgIpc) is 3.37. The minimum Gasteiger partial charge on any atom is -0.497 e. The molecule has 29 heavy (non-hydrogen) atoms. The van der Waals surface area contributed by atoms with Crippen LogP contribution in [-0.2, 0) is 13.6 Å². The fourth-order valence-corrected chi connectivity index (χ4v) is 3.04. The van der Waals surface area contributed by atoms with Gasteiger partial charge in [0.1, 0.15) is 11.6 Å². The lowest BCUT2D eigenvalue weighted by Crippen LogP contribution is -2.41. The van der Waals surface area contributed by atoms with E-state index in [1.165, 1.54) is 0 Å². The Labute approximate surface area is 171 Å². The van der Waals surface area contributed by atoms with E-state index >= 15 is 0 Å². The molecule has 1 atom stereocenters. The van der Waals surface area contributed by atoms with Crippen LogP contribution in [0, 0.1) is 0 Å². The van der Waals surface area contributed by atoms with E-state index in [0.717, 1.165) is 29.2 Å². The van der Waals surface area contributed by atoms with Crippen LogP contribution in [0.3, 0.4) is 0 Å². The minimum atomic E-state index is -0.171. The van der Waals surface area contributed by atoms with Crippen molar-refractivity contribution in [1.29, 1.82) is 0 Å². The molecule has 154 valence electrons. The summed E-state index contributed by atoms with van der Waals surface area (Å²) < 4.78 is 8.91. The first-order valence-corrected chi connectivity index (χ1v) is 9.72. The van der Waals surface area contributed by atoms with Crippen molar-refractivity contribution in [3.8, 4) is 11.4 Å². The van der Waals surface area contributed by atoms with Crippen molar-refractivity contribution < 1.29 is 9.53 Å². The van der Waals surface area contributed by atoms with Crippen molar-refractivity contribution >= 4 is 6.03 Å². The molecule has 3 aromatic rings. The van der Waals surface area contributed by atoms with Crippen molar-refractivity contribution in [2.24, 2.45) is 7.05 Å². The number of aryl methyl sites for hydroxylation is 1. The Morgan fingerprint density at radius 3 is 2.69 bits per heavy atom. The number of amides is 2. The van der Waals surface area contributed by atoms with Crippen LogP contribution in [0.5, 0.6) is 5.75 Å². The van der Waals surface area contributed by atoms with E-state index in [-0.39, 0.29) is 12.1 Å². The molecule has 0 aliphatic heterocycles. The summed E-state index contributed by atoms with van der Waals surface area (Å²) in [6.07, 6.45) is 8.20. The van der Waals surface area contributed by atoms with Gasteiger partial charge in [0.15, 0.2) is 0 Å². The molecule has 0 aliphatic rings. The molecule has 0 radical (unpaired) electrons. The van der Waals surface area contributed by atoms with Crippen molar-refractivity contribution in [2.75, 3.05) is 13.7 Å². The Bertz CT molecular complexity index is 931. The van der Waals surface area contributed by atoms with Gasteiger partial charge in [-0.15, -0.1) is 0 Å². The third kappa shape index (κ3) is 4.96. The lowest BCUT2D eigenvalue weighted by atomic mass is 10.2. The highest BCUT2D eigenvalue weighted by atomic mass is 16.5. The number of nitrogens with one attached hydrogen (secondary N) is 1. The molecule has 1 N–H and O–H groups in total. The van der Waals surface area contributed by atoms with Gasteiger partial charge in [0.2, 0.25) is 0 Å². The van der Waals surface area contributed by atoms with Crippen LogP contribution in [0.2, 0.25) is 0 Å². The van der Waals surface area contributed by atoms with E-state index in [1.54, 1.807) is 29.1 Å². The third-order valence-corrected chi connectivity index (χ3v) is 4.81. The van der Waals surface area contributed by atoms with E-state index in [2.05, 4.69) is 22.3 Å².